The third kappa shape index (κ3) is 8.64. The van der Waals surface area contributed by atoms with E-state index in [4.69, 9.17) is 15.2 Å². The lowest BCUT2D eigenvalue weighted by Gasteiger charge is -2.16. The predicted molar refractivity (Wildman–Crippen MR) is 107 cm³/mol. The highest BCUT2D eigenvalue weighted by molar-refractivity contribution is 7.89. The number of primary amides is 1. The monoisotopic (exact) mass is 447 g/mol. The Hall–Kier alpha value is -2.24. The summed E-state index contributed by atoms with van der Waals surface area (Å²) in [5.74, 6) is -2.41. The highest BCUT2D eigenvalue weighted by atomic mass is 32.2. The Labute approximate surface area is 174 Å². The first-order valence-corrected chi connectivity index (χ1v) is 11.2. The molecule has 0 saturated heterocycles. The number of nitrogens with two attached hydrogens (primary N) is 1. The van der Waals surface area contributed by atoms with E-state index < -0.39 is 33.6 Å². The van der Waals surface area contributed by atoms with Crippen molar-refractivity contribution < 1.29 is 31.5 Å². The van der Waals surface area contributed by atoms with Crippen LogP contribution in [0.15, 0.2) is 30.2 Å². The number of sulfonamides is 1. The topological polar surface area (TPSA) is 120 Å². The molecule has 11 heteroatoms. The molecule has 1 fully saturated rings. The number of halogens is 2. The minimum absolute atomic E-state index is 0.101. The summed E-state index contributed by atoms with van der Waals surface area (Å²) in [5.41, 5.74) is 5.30. The second kappa shape index (κ2) is 11.2. The molecule has 0 bridgehead atoms. The van der Waals surface area contributed by atoms with Crippen LogP contribution in [0.25, 0.3) is 0 Å². The van der Waals surface area contributed by atoms with Gasteiger partial charge in [-0.25, -0.2) is 17.5 Å². The van der Waals surface area contributed by atoms with E-state index in [1.165, 1.54) is 18.2 Å². The Kier molecular flexibility index (Phi) is 9.00. The third-order valence-corrected chi connectivity index (χ3v) is 5.87. The highest BCUT2D eigenvalue weighted by Crippen LogP contribution is 2.31. The van der Waals surface area contributed by atoms with Crippen molar-refractivity contribution >= 4 is 15.9 Å². The van der Waals surface area contributed by atoms with Gasteiger partial charge in [0.25, 0.3) is 5.91 Å². The number of carbonyl (C=O) groups is 1. The van der Waals surface area contributed by atoms with Crippen molar-refractivity contribution in [3.8, 4) is 5.75 Å². The number of hydrogen-bond acceptors (Lipinski definition) is 6. The van der Waals surface area contributed by atoms with Gasteiger partial charge in [-0.2, -0.15) is 4.39 Å². The molecule has 4 N–H and O–H groups in total. The molecule has 0 radical (unpaired) electrons. The molecule has 1 aliphatic carbocycles. The second-order valence-corrected chi connectivity index (χ2v) is 8.94. The van der Waals surface area contributed by atoms with Gasteiger partial charge >= 0.3 is 0 Å². The van der Waals surface area contributed by atoms with Crippen molar-refractivity contribution in [1.29, 1.82) is 0 Å². The van der Waals surface area contributed by atoms with Gasteiger partial charge in [0.1, 0.15) is 6.73 Å². The smallest absolute Gasteiger partial charge is 0.278 e. The summed E-state index contributed by atoms with van der Waals surface area (Å²) >= 11 is 0. The second-order valence-electron chi connectivity index (χ2n) is 7.07. The fourth-order valence-electron chi connectivity index (χ4n) is 2.47. The van der Waals surface area contributed by atoms with Crippen LogP contribution < -0.4 is 20.5 Å². The SMILES string of the molecule is C[C@@H](NS(=O)(=O)CCCOCN/C=C(/F)C(N)=O)c1ccc(F)c(OCC2CC2)c1. The van der Waals surface area contributed by atoms with Crippen molar-refractivity contribution in [2.75, 3.05) is 25.7 Å². The van der Waals surface area contributed by atoms with Gasteiger partial charge in [-0.15, -0.1) is 0 Å². The van der Waals surface area contributed by atoms with Crippen LogP contribution in [-0.4, -0.2) is 40.0 Å². The lowest BCUT2D eigenvalue weighted by Crippen LogP contribution is -2.29. The van der Waals surface area contributed by atoms with E-state index in [2.05, 4.69) is 10.0 Å². The molecule has 0 unspecified atom stereocenters. The average molecular weight is 448 g/mol. The van der Waals surface area contributed by atoms with Crippen LogP contribution in [0.4, 0.5) is 8.78 Å². The Balaban J connectivity index is 1.74. The van der Waals surface area contributed by atoms with Gasteiger partial charge < -0.3 is 20.5 Å². The molecular weight excluding hydrogens is 420 g/mol. The lowest BCUT2D eigenvalue weighted by molar-refractivity contribution is -0.115. The molecule has 1 amide bonds. The van der Waals surface area contributed by atoms with Crippen LogP contribution in [0, 0.1) is 11.7 Å². The molecule has 8 nitrogen and oxygen atoms in total. The maximum atomic E-state index is 13.9. The summed E-state index contributed by atoms with van der Waals surface area (Å²) in [6.45, 7) is 2.11. The summed E-state index contributed by atoms with van der Waals surface area (Å²) in [4.78, 5) is 10.5. The maximum absolute atomic E-state index is 13.9. The molecule has 1 atom stereocenters. The van der Waals surface area contributed by atoms with E-state index >= 15 is 0 Å². The number of ether oxygens (including phenoxy) is 2. The van der Waals surface area contributed by atoms with Crippen molar-refractivity contribution in [1.82, 2.24) is 10.0 Å². The number of benzene rings is 1. The third-order valence-electron chi connectivity index (χ3n) is 4.33. The summed E-state index contributed by atoms with van der Waals surface area (Å²) in [7, 11) is -3.60. The summed E-state index contributed by atoms with van der Waals surface area (Å²) in [6.07, 6.45) is 3.13. The van der Waals surface area contributed by atoms with Crippen LogP contribution >= 0.6 is 0 Å². The molecule has 0 aliphatic heterocycles. The fourth-order valence-corrected chi connectivity index (χ4v) is 3.76. The molecule has 0 spiro atoms. The number of rotatable bonds is 14. The minimum Gasteiger partial charge on any atom is -0.490 e. The van der Waals surface area contributed by atoms with E-state index in [0.29, 0.717) is 18.1 Å². The first-order valence-electron chi connectivity index (χ1n) is 9.57. The van der Waals surface area contributed by atoms with Crippen LogP contribution in [0.2, 0.25) is 0 Å². The van der Waals surface area contributed by atoms with E-state index in [0.717, 1.165) is 19.0 Å². The van der Waals surface area contributed by atoms with Crippen LogP contribution in [0.1, 0.15) is 37.8 Å². The molecule has 1 saturated carbocycles. The van der Waals surface area contributed by atoms with Crippen molar-refractivity contribution in [3.05, 3.63) is 41.6 Å². The van der Waals surface area contributed by atoms with Gasteiger partial charge in [0.2, 0.25) is 15.9 Å². The number of carbonyl (C=O) groups excluding carboxylic acids is 1. The average Bonchev–Trinajstić information content (AvgIpc) is 3.50. The van der Waals surface area contributed by atoms with Crippen molar-refractivity contribution in [3.63, 3.8) is 0 Å². The van der Waals surface area contributed by atoms with E-state index in [9.17, 15) is 22.0 Å². The van der Waals surface area contributed by atoms with Crippen molar-refractivity contribution in [2.45, 2.75) is 32.2 Å². The number of hydrogen-bond donors (Lipinski definition) is 3. The lowest BCUT2D eigenvalue weighted by atomic mass is 10.1. The number of nitrogens with one attached hydrogen (secondary N) is 2. The first kappa shape index (κ1) is 24.0. The highest BCUT2D eigenvalue weighted by Gasteiger charge is 2.23. The zero-order valence-corrected chi connectivity index (χ0v) is 17.5. The standard InChI is InChI=1S/C19H27F2N3O5S/c1-13(15-5-6-16(20)18(9-15)29-11-14-3-4-14)24-30(26,27)8-2-7-28-12-23-10-17(21)19(22)25/h5-6,9-10,13-14,23-24H,2-4,7-8,11-12H2,1H3,(H2,22,25)/b17-10+/t13-/m1/s1. The Morgan fingerprint density at radius 3 is 2.80 bits per heavy atom. The summed E-state index contributed by atoms with van der Waals surface area (Å²) in [6, 6.07) is 3.72. The Morgan fingerprint density at radius 1 is 1.40 bits per heavy atom. The number of amides is 1. The molecule has 30 heavy (non-hydrogen) atoms. The van der Waals surface area contributed by atoms with Gasteiger partial charge in [0, 0.05) is 18.8 Å². The van der Waals surface area contributed by atoms with Gasteiger partial charge in [0.15, 0.2) is 11.6 Å². The van der Waals surface area contributed by atoms with Gasteiger partial charge in [-0.3, -0.25) is 4.79 Å². The maximum Gasteiger partial charge on any atom is 0.278 e. The molecule has 1 aromatic rings. The molecule has 0 heterocycles. The predicted octanol–water partition coefficient (Wildman–Crippen LogP) is 1.84. The Morgan fingerprint density at radius 2 is 2.13 bits per heavy atom. The molecule has 0 aromatic heterocycles. The zero-order valence-electron chi connectivity index (χ0n) is 16.7. The quantitative estimate of drug-likeness (QED) is 0.227. The van der Waals surface area contributed by atoms with Gasteiger partial charge in [-0.05, 0) is 49.8 Å². The van der Waals surface area contributed by atoms with Gasteiger partial charge in [-0.1, -0.05) is 6.07 Å². The van der Waals surface area contributed by atoms with Crippen molar-refractivity contribution in [2.24, 2.45) is 11.7 Å². The van der Waals surface area contributed by atoms with E-state index in [1.54, 1.807) is 6.92 Å². The van der Waals surface area contributed by atoms with Crippen LogP contribution in [-0.2, 0) is 19.6 Å². The zero-order chi connectivity index (χ0) is 22.1. The summed E-state index contributed by atoms with van der Waals surface area (Å²) < 4.78 is 64.3. The molecule has 168 valence electrons. The largest absolute Gasteiger partial charge is 0.490 e. The molecule has 1 aliphatic rings. The normalized spacial score (nSPS) is 15.6. The molecule has 1 aromatic carbocycles. The molecular formula is C19H27F2N3O5S. The van der Waals surface area contributed by atoms with Crippen LogP contribution in [0.5, 0.6) is 5.75 Å². The van der Waals surface area contributed by atoms with Crippen LogP contribution in [0.3, 0.4) is 0 Å². The first-order chi connectivity index (χ1) is 14.2. The summed E-state index contributed by atoms with van der Waals surface area (Å²) in [5, 5.41) is 2.38. The van der Waals surface area contributed by atoms with E-state index in [-0.39, 0.29) is 31.3 Å². The minimum atomic E-state index is -3.60. The fraction of sp³-hybridized carbons (Fsp3) is 0.526. The Bertz CT molecular complexity index is 860. The molecule has 2 rings (SSSR count). The van der Waals surface area contributed by atoms with E-state index in [1.807, 2.05) is 0 Å². The van der Waals surface area contributed by atoms with Gasteiger partial charge in [0.05, 0.1) is 12.4 Å².